The summed E-state index contributed by atoms with van der Waals surface area (Å²) in [5.41, 5.74) is 3.68. The minimum absolute atomic E-state index is 0.0565. The lowest BCUT2D eigenvalue weighted by Crippen LogP contribution is -2.44. The molecule has 2 heterocycles. The van der Waals surface area contributed by atoms with Gasteiger partial charge in [-0.25, -0.2) is 0 Å². The van der Waals surface area contributed by atoms with E-state index in [1.165, 1.54) is 16.0 Å². The van der Waals surface area contributed by atoms with Gasteiger partial charge in [0, 0.05) is 28.7 Å². The van der Waals surface area contributed by atoms with Crippen LogP contribution in [0.25, 0.3) is 10.4 Å². The summed E-state index contributed by atoms with van der Waals surface area (Å²) in [7, 11) is 0. The van der Waals surface area contributed by atoms with Crippen molar-refractivity contribution in [3.05, 3.63) is 35.2 Å². The maximum absolute atomic E-state index is 9.86. The molecule has 0 saturated heterocycles. The predicted octanol–water partition coefficient (Wildman–Crippen LogP) is 4.50. The van der Waals surface area contributed by atoms with Crippen molar-refractivity contribution in [3.8, 4) is 16.2 Å². The molecule has 3 rings (SSSR count). The third-order valence-corrected chi connectivity index (χ3v) is 5.32. The smallest absolute Gasteiger partial charge is 0.117 e. The number of fused-ring (bicyclic) bond motifs is 3. The van der Waals surface area contributed by atoms with Gasteiger partial charge in [-0.15, -0.1) is 11.3 Å². The Hall–Kier alpha value is -1.13. The molecule has 0 saturated carbocycles. The number of aromatic hydroxyl groups is 1. The van der Waals surface area contributed by atoms with Crippen molar-refractivity contribution in [2.75, 3.05) is 17.2 Å². The third kappa shape index (κ3) is 2.02. The van der Waals surface area contributed by atoms with Crippen LogP contribution < -0.4 is 4.90 Å². The second kappa shape index (κ2) is 5.01. The van der Waals surface area contributed by atoms with Crippen molar-refractivity contribution in [2.24, 2.45) is 0 Å². The molecule has 1 aromatic heterocycles. The molecular formula is C16H19NOS2. The van der Waals surface area contributed by atoms with Crippen molar-refractivity contribution < 1.29 is 5.11 Å². The van der Waals surface area contributed by atoms with Gasteiger partial charge in [0.1, 0.15) is 5.75 Å². The number of anilines is 1. The van der Waals surface area contributed by atoms with E-state index >= 15 is 0 Å². The first-order valence-corrected chi connectivity index (χ1v) is 8.37. The highest BCUT2D eigenvalue weighted by Gasteiger charge is 2.37. The first-order valence-electron chi connectivity index (χ1n) is 6.85. The van der Waals surface area contributed by atoms with Crippen LogP contribution in [-0.4, -0.2) is 17.4 Å². The first-order chi connectivity index (χ1) is 9.55. The van der Waals surface area contributed by atoms with E-state index in [1.54, 1.807) is 17.4 Å². The number of thiol groups is 1. The maximum Gasteiger partial charge on any atom is 0.117 e. The number of hydrogen-bond acceptors (Lipinski definition) is 4. The lowest BCUT2D eigenvalue weighted by molar-refractivity contribution is 0.464. The normalized spacial score (nSPS) is 15.8. The van der Waals surface area contributed by atoms with Crippen molar-refractivity contribution >= 4 is 29.7 Å². The van der Waals surface area contributed by atoms with Gasteiger partial charge >= 0.3 is 0 Å². The Morgan fingerprint density at radius 1 is 1.30 bits per heavy atom. The molecular weight excluding hydrogens is 286 g/mol. The Morgan fingerprint density at radius 2 is 2.10 bits per heavy atom. The van der Waals surface area contributed by atoms with E-state index in [0.29, 0.717) is 5.75 Å². The van der Waals surface area contributed by atoms with Crippen molar-refractivity contribution in [1.82, 2.24) is 0 Å². The summed E-state index contributed by atoms with van der Waals surface area (Å²) in [6.07, 6.45) is 1.03. The molecule has 1 N–H and O–H groups in total. The minimum atomic E-state index is -0.0565. The van der Waals surface area contributed by atoms with E-state index in [-0.39, 0.29) is 5.54 Å². The fraction of sp³-hybridized carbons (Fsp3) is 0.375. The number of benzene rings is 1. The molecule has 1 aromatic carbocycles. The molecule has 0 radical (unpaired) electrons. The number of rotatable bonds is 3. The van der Waals surface area contributed by atoms with Gasteiger partial charge in [0.15, 0.2) is 0 Å². The number of phenolic OH excluding ortho intramolecular Hbond substituents is 1. The molecule has 0 fully saturated rings. The molecule has 20 heavy (non-hydrogen) atoms. The van der Waals surface area contributed by atoms with Crippen molar-refractivity contribution in [3.63, 3.8) is 0 Å². The molecule has 0 unspecified atom stereocenters. The first kappa shape index (κ1) is 13.8. The Bertz CT molecular complexity index is 633. The fourth-order valence-corrected chi connectivity index (χ4v) is 4.24. The zero-order valence-corrected chi connectivity index (χ0v) is 13.5. The van der Waals surface area contributed by atoms with E-state index < -0.39 is 0 Å². The quantitative estimate of drug-likeness (QED) is 0.816. The van der Waals surface area contributed by atoms with E-state index in [9.17, 15) is 5.11 Å². The predicted molar refractivity (Wildman–Crippen MR) is 90.3 cm³/mol. The second-order valence-corrected chi connectivity index (χ2v) is 7.02. The molecule has 0 amide bonds. The summed E-state index contributed by atoms with van der Waals surface area (Å²) in [6.45, 7) is 5.45. The van der Waals surface area contributed by atoms with Crippen LogP contribution in [-0.2, 0) is 5.54 Å². The van der Waals surface area contributed by atoms with Crippen LogP contribution in [0.1, 0.15) is 25.8 Å². The standard InChI is InChI=1S/C16H19NOS2/c1-16(2)13-6-9-20-15(13)12-5-4-11(18)10-14(12)17(16)7-3-8-19/h4-6,9-10,18-19H,3,7-8H2,1-2H3. The highest BCUT2D eigenvalue weighted by molar-refractivity contribution is 7.80. The SMILES string of the molecule is CC1(C)c2ccsc2-c2ccc(O)cc2N1CCCS. The lowest BCUT2D eigenvalue weighted by Gasteiger charge is -2.45. The van der Waals surface area contributed by atoms with Gasteiger partial charge in [0.05, 0.1) is 5.54 Å². The molecule has 0 spiro atoms. The van der Waals surface area contributed by atoms with Gasteiger partial charge < -0.3 is 10.0 Å². The molecule has 1 aliphatic heterocycles. The van der Waals surface area contributed by atoms with E-state index in [2.05, 4.69) is 42.8 Å². The number of hydrogen-bond donors (Lipinski definition) is 2. The van der Waals surface area contributed by atoms with Gasteiger partial charge in [0.25, 0.3) is 0 Å². The summed E-state index contributed by atoms with van der Waals surface area (Å²) in [5, 5.41) is 12.0. The summed E-state index contributed by atoms with van der Waals surface area (Å²) < 4.78 is 0. The minimum Gasteiger partial charge on any atom is -0.508 e. The van der Waals surface area contributed by atoms with E-state index in [4.69, 9.17) is 0 Å². The van der Waals surface area contributed by atoms with Crippen LogP contribution in [0.2, 0.25) is 0 Å². The lowest BCUT2D eigenvalue weighted by atomic mass is 9.85. The fourth-order valence-electron chi connectivity index (χ4n) is 3.01. The number of thiophene rings is 1. The zero-order chi connectivity index (χ0) is 14.3. The van der Waals surface area contributed by atoms with Gasteiger partial charge in [-0.05, 0) is 55.2 Å². The average molecular weight is 305 g/mol. The Kier molecular flexibility index (Phi) is 3.46. The van der Waals surface area contributed by atoms with Gasteiger partial charge in [-0.1, -0.05) is 0 Å². The second-order valence-electron chi connectivity index (χ2n) is 5.65. The van der Waals surface area contributed by atoms with Crippen molar-refractivity contribution in [1.29, 1.82) is 0 Å². The van der Waals surface area contributed by atoms with Crippen LogP contribution in [0, 0.1) is 0 Å². The van der Waals surface area contributed by atoms with Crippen LogP contribution in [0.15, 0.2) is 29.6 Å². The number of phenols is 1. The van der Waals surface area contributed by atoms with Gasteiger partial charge in [0.2, 0.25) is 0 Å². The molecule has 0 bridgehead atoms. The molecule has 106 valence electrons. The van der Waals surface area contributed by atoms with Crippen molar-refractivity contribution in [2.45, 2.75) is 25.8 Å². The van der Waals surface area contributed by atoms with Crippen LogP contribution >= 0.6 is 24.0 Å². The Labute approximate surface area is 129 Å². The largest absolute Gasteiger partial charge is 0.508 e. The molecule has 4 heteroatoms. The Morgan fingerprint density at radius 3 is 2.85 bits per heavy atom. The maximum atomic E-state index is 9.86. The molecule has 0 aliphatic carbocycles. The highest BCUT2D eigenvalue weighted by atomic mass is 32.1. The summed E-state index contributed by atoms with van der Waals surface area (Å²) in [4.78, 5) is 3.72. The molecule has 0 atom stereocenters. The van der Waals surface area contributed by atoms with E-state index in [0.717, 1.165) is 24.4 Å². The van der Waals surface area contributed by atoms with Crippen LogP contribution in [0.4, 0.5) is 5.69 Å². The molecule has 2 nitrogen and oxygen atoms in total. The van der Waals surface area contributed by atoms with Crippen LogP contribution in [0.3, 0.4) is 0 Å². The monoisotopic (exact) mass is 305 g/mol. The molecule has 2 aromatic rings. The number of nitrogens with zero attached hydrogens (tertiary/aromatic N) is 1. The van der Waals surface area contributed by atoms with E-state index in [1.807, 2.05) is 12.1 Å². The average Bonchev–Trinajstić information content (AvgIpc) is 2.88. The van der Waals surface area contributed by atoms with Gasteiger partial charge in [-0.3, -0.25) is 0 Å². The van der Waals surface area contributed by atoms with Crippen LogP contribution in [0.5, 0.6) is 5.75 Å². The summed E-state index contributed by atoms with van der Waals surface area (Å²) >= 11 is 6.12. The third-order valence-electron chi connectivity index (χ3n) is 4.06. The molecule has 1 aliphatic rings. The van der Waals surface area contributed by atoms with Gasteiger partial charge in [-0.2, -0.15) is 12.6 Å². The Balaban J connectivity index is 2.19. The highest BCUT2D eigenvalue weighted by Crippen LogP contribution is 2.50. The zero-order valence-electron chi connectivity index (χ0n) is 11.8. The summed E-state index contributed by atoms with van der Waals surface area (Å²) in [5.74, 6) is 1.20. The summed E-state index contributed by atoms with van der Waals surface area (Å²) in [6, 6.07) is 7.92. The topological polar surface area (TPSA) is 23.5 Å².